The first-order valence-electron chi connectivity index (χ1n) is 12.7. The van der Waals surface area contributed by atoms with Crippen LogP contribution in [-0.2, 0) is 10.0 Å². The Balaban J connectivity index is 1.95. The number of aromatic nitrogens is 2. The molecule has 0 N–H and O–H groups in total. The molecular formula is C29H33N3O5S. The van der Waals surface area contributed by atoms with Crippen LogP contribution >= 0.6 is 0 Å². The average Bonchev–Trinajstić information content (AvgIpc) is 2.93. The van der Waals surface area contributed by atoms with Gasteiger partial charge in [-0.25, -0.2) is 13.4 Å². The smallest absolute Gasteiger partial charge is 0.266 e. The lowest BCUT2D eigenvalue weighted by Crippen LogP contribution is -2.38. The van der Waals surface area contributed by atoms with Gasteiger partial charge in [-0.1, -0.05) is 37.6 Å². The first-order chi connectivity index (χ1) is 18.3. The standard InChI is InChI=1S/C29H33N3O5S/c1-5-7-20-31(38(34,35)23-18-16-22(36-4)17-19-23)21(3)28-30-25-13-9-8-12-24(25)29(33)32(28)26-14-10-11-15-27(26)37-6-2/h8-19,21H,5-7,20H2,1-4H3. The van der Waals surface area contributed by atoms with Gasteiger partial charge in [-0.3, -0.25) is 9.36 Å². The molecule has 0 amide bonds. The number of hydrogen-bond acceptors (Lipinski definition) is 6. The molecule has 1 unspecified atom stereocenters. The van der Waals surface area contributed by atoms with Crippen molar-refractivity contribution in [1.29, 1.82) is 0 Å². The molecule has 0 spiro atoms. The second kappa shape index (κ2) is 11.8. The Bertz CT molecular complexity index is 1570. The van der Waals surface area contributed by atoms with E-state index >= 15 is 0 Å². The van der Waals surface area contributed by atoms with Crippen LogP contribution in [0.2, 0.25) is 0 Å². The largest absolute Gasteiger partial charge is 0.497 e. The van der Waals surface area contributed by atoms with E-state index in [2.05, 4.69) is 0 Å². The fraction of sp³-hybridized carbons (Fsp3) is 0.310. The number of methoxy groups -OCH3 is 1. The van der Waals surface area contributed by atoms with Crippen molar-refractivity contribution in [1.82, 2.24) is 13.9 Å². The number of para-hydroxylation sites is 3. The summed E-state index contributed by atoms with van der Waals surface area (Å²) in [4.78, 5) is 18.9. The van der Waals surface area contributed by atoms with E-state index in [4.69, 9.17) is 14.5 Å². The van der Waals surface area contributed by atoms with Crippen molar-refractivity contribution in [2.75, 3.05) is 20.3 Å². The third-order valence-electron chi connectivity index (χ3n) is 6.41. The maximum absolute atomic E-state index is 14.0. The highest BCUT2D eigenvalue weighted by atomic mass is 32.2. The second-order valence-corrected chi connectivity index (χ2v) is 10.7. The summed E-state index contributed by atoms with van der Waals surface area (Å²) in [6, 6.07) is 19.9. The maximum Gasteiger partial charge on any atom is 0.266 e. The van der Waals surface area contributed by atoms with Crippen LogP contribution in [0.5, 0.6) is 11.5 Å². The summed E-state index contributed by atoms with van der Waals surface area (Å²) in [6.45, 7) is 6.32. The van der Waals surface area contributed by atoms with Gasteiger partial charge in [0.1, 0.15) is 17.3 Å². The number of nitrogens with zero attached hydrogens (tertiary/aromatic N) is 3. The van der Waals surface area contributed by atoms with Crippen molar-refractivity contribution >= 4 is 20.9 Å². The van der Waals surface area contributed by atoms with E-state index in [1.165, 1.54) is 28.1 Å². The molecule has 0 aliphatic carbocycles. The van der Waals surface area contributed by atoms with Crippen LogP contribution in [0, 0.1) is 0 Å². The molecule has 4 rings (SSSR count). The van der Waals surface area contributed by atoms with Gasteiger partial charge in [0, 0.05) is 6.54 Å². The van der Waals surface area contributed by atoms with Gasteiger partial charge in [-0.2, -0.15) is 4.31 Å². The molecule has 0 saturated heterocycles. The van der Waals surface area contributed by atoms with Gasteiger partial charge in [-0.05, 0) is 68.8 Å². The van der Waals surface area contributed by atoms with Gasteiger partial charge < -0.3 is 9.47 Å². The zero-order chi connectivity index (χ0) is 27.3. The van der Waals surface area contributed by atoms with E-state index in [-0.39, 0.29) is 17.0 Å². The van der Waals surface area contributed by atoms with E-state index in [1.807, 2.05) is 32.0 Å². The van der Waals surface area contributed by atoms with Crippen molar-refractivity contribution < 1.29 is 17.9 Å². The molecule has 8 nitrogen and oxygen atoms in total. The molecule has 38 heavy (non-hydrogen) atoms. The average molecular weight is 536 g/mol. The number of sulfonamides is 1. The molecule has 1 aromatic heterocycles. The van der Waals surface area contributed by atoms with Crippen molar-refractivity contribution in [3.63, 3.8) is 0 Å². The highest BCUT2D eigenvalue weighted by molar-refractivity contribution is 7.89. The topological polar surface area (TPSA) is 90.7 Å². The van der Waals surface area contributed by atoms with Crippen LogP contribution in [0.25, 0.3) is 16.6 Å². The summed E-state index contributed by atoms with van der Waals surface area (Å²) in [5.41, 5.74) is 0.723. The van der Waals surface area contributed by atoms with E-state index < -0.39 is 16.1 Å². The van der Waals surface area contributed by atoms with Crippen molar-refractivity contribution in [2.45, 2.75) is 44.6 Å². The zero-order valence-corrected chi connectivity index (χ0v) is 22.9. The number of fused-ring (bicyclic) bond motifs is 1. The quantitative estimate of drug-likeness (QED) is 0.257. The number of benzene rings is 3. The molecule has 1 atom stereocenters. The second-order valence-electron chi connectivity index (χ2n) is 8.85. The van der Waals surface area contributed by atoms with Gasteiger partial charge in [-0.15, -0.1) is 0 Å². The fourth-order valence-corrected chi connectivity index (χ4v) is 6.06. The van der Waals surface area contributed by atoms with Gasteiger partial charge in [0.25, 0.3) is 5.56 Å². The van der Waals surface area contributed by atoms with E-state index in [0.29, 0.717) is 46.9 Å². The van der Waals surface area contributed by atoms with E-state index in [1.54, 1.807) is 49.4 Å². The fourth-order valence-electron chi connectivity index (χ4n) is 4.43. The number of hydrogen-bond donors (Lipinski definition) is 0. The summed E-state index contributed by atoms with van der Waals surface area (Å²) in [7, 11) is -2.41. The lowest BCUT2D eigenvalue weighted by Gasteiger charge is -2.30. The third kappa shape index (κ3) is 5.30. The van der Waals surface area contributed by atoms with Gasteiger partial charge in [0.15, 0.2) is 0 Å². The van der Waals surface area contributed by atoms with Gasteiger partial charge in [0.05, 0.1) is 41.2 Å². The molecule has 0 radical (unpaired) electrons. The lowest BCUT2D eigenvalue weighted by atomic mass is 10.2. The highest BCUT2D eigenvalue weighted by Crippen LogP contribution is 2.31. The normalized spacial score (nSPS) is 12.6. The van der Waals surface area contributed by atoms with Crippen molar-refractivity contribution in [3.8, 4) is 17.2 Å². The monoisotopic (exact) mass is 535 g/mol. The molecule has 0 saturated carbocycles. The molecule has 0 aliphatic rings. The predicted octanol–water partition coefficient (Wildman–Crippen LogP) is 5.35. The van der Waals surface area contributed by atoms with E-state index in [0.717, 1.165) is 6.42 Å². The van der Waals surface area contributed by atoms with Crippen molar-refractivity contribution in [2.24, 2.45) is 0 Å². The Morgan fingerprint density at radius 2 is 1.66 bits per heavy atom. The number of ether oxygens (including phenoxy) is 2. The number of unbranched alkanes of at least 4 members (excludes halogenated alkanes) is 1. The molecule has 3 aromatic carbocycles. The van der Waals surface area contributed by atoms with E-state index in [9.17, 15) is 13.2 Å². The molecular weight excluding hydrogens is 502 g/mol. The zero-order valence-electron chi connectivity index (χ0n) is 22.1. The summed E-state index contributed by atoms with van der Waals surface area (Å²) < 4.78 is 41.9. The van der Waals surface area contributed by atoms with Crippen LogP contribution in [0.3, 0.4) is 0 Å². The molecule has 0 aliphatic heterocycles. The SMILES string of the molecule is CCCCN(C(C)c1nc2ccccc2c(=O)n1-c1ccccc1OCC)S(=O)(=O)c1ccc(OC)cc1. The van der Waals surface area contributed by atoms with Crippen LogP contribution < -0.4 is 15.0 Å². The summed E-state index contributed by atoms with van der Waals surface area (Å²) in [5.74, 6) is 1.39. The predicted molar refractivity (Wildman–Crippen MR) is 149 cm³/mol. The molecule has 0 fully saturated rings. The summed E-state index contributed by atoms with van der Waals surface area (Å²) in [5, 5.41) is 0.438. The summed E-state index contributed by atoms with van der Waals surface area (Å²) >= 11 is 0. The molecule has 4 aromatic rings. The Morgan fingerprint density at radius 3 is 2.34 bits per heavy atom. The van der Waals surface area contributed by atoms with Gasteiger partial charge in [0.2, 0.25) is 10.0 Å². The minimum Gasteiger partial charge on any atom is -0.497 e. The maximum atomic E-state index is 14.0. The highest BCUT2D eigenvalue weighted by Gasteiger charge is 2.33. The summed E-state index contributed by atoms with van der Waals surface area (Å²) in [6.07, 6.45) is 1.44. The van der Waals surface area contributed by atoms with Crippen LogP contribution in [0.4, 0.5) is 0 Å². The minimum atomic E-state index is -3.94. The lowest BCUT2D eigenvalue weighted by molar-refractivity contribution is 0.319. The molecule has 200 valence electrons. The first-order valence-corrected chi connectivity index (χ1v) is 14.2. The Hall–Kier alpha value is -3.69. The van der Waals surface area contributed by atoms with Gasteiger partial charge >= 0.3 is 0 Å². The third-order valence-corrected chi connectivity index (χ3v) is 8.40. The number of rotatable bonds is 11. The molecule has 9 heteroatoms. The van der Waals surface area contributed by atoms with Crippen LogP contribution in [-0.4, -0.2) is 42.5 Å². The van der Waals surface area contributed by atoms with Crippen LogP contribution in [0.15, 0.2) is 82.5 Å². The molecule has 1 heterocycles. The first kappa shape index (κ1) is 27.3. The Morgan fingerprint density at radius 1 is 0.974 bits per heavy atom. The van der Waals surface area contributed by atoms with Crippen LogP contribution in [0.1, 0.15) is 45.5 Å². The van der Waals surface area contributed by atoms with Crippen molar-refractivity contribution in [3.05, 3.63) is 89.0 Å². The molecule has 0 bridgehead atoms. The Labute approximate surface area is 223 Å². The Kier molecular flexibility index (Phi) is 8.48. The minimum absolute atomic E-state index is 0.144.